The number of aliphatic imine (C=N–C) groups is 1. The smallest absolute Gasteiger partial charge is 0.295 e. The van der Waals surface area contributed by atoms with Crippen molar-refractivity contribution in [3.63, 3.8) is 0 Å². The van der Waals surface area contributed by atoms with Gasteiger partial charge in [0.2, 0.25) is 0 Å². The van der Waals surface area contributed by atoms with Gasteiger partial charge in [0.1, 0.15) is 5.82 Å². The van der Waals surface area contributed by atoms with Crippen molar-refractivity contribution in [3.8, 4) is 0 Å². The van der Waals surface area contributed by atoms with Crippen molar-refractivity contribution in [1.82, 2.24) is 4.90 Å². The van der Waals surface area contributed by atoms with Crippen LogP contribution in [0, 0.1) is 5.82 Å². The summed E-state index contributed by atoms with van der Waals surface area (Å²) in [4.78, 5) is 17.8. The van der Waals surface area contributed by atoms with Crippen molar-refractivity contribution < 1.29 is 22.4 Å². The fraction of sp³-hybridized carbons (Fsp3) is 0.290. The number of Topliss-reactive ketones (excluding diaryl/α,β-unsaturated/α-hetero) is 1. The number of benzene rings is 3. The second kappa shape index (κ2) is 13.3. The third-order valence-corrected chi connectivity index (χ3v) is 6.45. The van der Waals surface area contributed by atoms with Crippen LogP contribution in [0.2, 0.25) is 0 Å². The highest BCUT2D eigenvalue weighted by molar-refractivity contribution is 5.94. The lowest BCUT2D eigenvalue weighted by Crippen LogP contribution is -2.33. The van der Waals surface area contributed by atoms with Gasteiger partial charge in [-0.05, 0) is 42.7 Å². The first kappa shape index (κ1) is 29.0. The molecule has 0 atom stereocenters. The van der Waals surface area contributed by atoms with Crippen LogP contribution >= 0.6 is 0 Å². The van der Waals surface area contributed by atoms with Gasteiger partial charge in [-0.2, -0.15) is 13.2 Å². The van der Waals surface area contributed by atoms with Gasteiger partial charge in [-0.15, -0.1) is 0 Å². The molecule has 1 aliphatic heterocycles. The summed E-state index contributed by atoms with van der Waals surface area (Å²) in [5.41, 5.74) is 3.24. The van der Waals surface area contributed by atoms with E-state index in [1.165, 1.54) is 24.1 Å². The van der Waals surface area contributed by atoms with Crippen LogP contribution in [0.1, 0.15) is 55.4 Å². The largest absolute Gasteiger partial charge is 0.419 e. The van der Waals surface area contributed by atoms with Gasteiger partial charge in [0.15, 0.2) is 5.78 Å². The minimum Gasteiger partial charge on any atom is -0.295 e. The fourth-order valence-corrected chi connectivity index (χ4v) is 4.38. The van der Waals surface area contributed by atoms with Crippen LogP contribution in [0.3, 0.4) is 0 Å². The Labute approximate surface area is 221 Å². The molecule has 3 aromatic rings. The lowest BCUT2D eigenvalue weighted by Gasteiger charge is -2.28. The minimum atomic E-state index is -4.70. The zero-order valence-corrected chi connectivity index (χ0v) is 21.8. The number of alkyl halides is 3. The van der Waals surface area contributed by atoms with Gasteiger partial charge < -0.3 is 0 Å². The van der Waals surface area contributed by atoms with Crippen molar-refractivity contribution >= 4 is 12.0 Å². The molecule has 0 fully saturated rings. The van der Waals surface area contributed by atoms with E-state index in [4.69, 9.17) is 0 Å². The minimum absolute atomic E-state index is 0.0844. The average Bonchev–Trinajstić information content (AvgIpc) is 2.90. The molecule has 0 unspecified atom stereocenters. The van der Waals surface area contributed by atoms with Crippen LogP contribution in [0.15, 0.2) is 95.1 Å². The van der Waals surface area contributed by atoms with Gasteiger partial charge in [-0.1, -0.05) is 73.7 Å². The number of ketones is 1. The Hall–Kier alpha value is -3.58. The SMILES string of the molecule is CC(c1ccccc1)c1ccccc1.CC=NC1=C(C(C)=O)CN(Cc2ccc(C(F)(F)F)c(F)c2)CC1. The number of halogens is 4. The van der Waals surface area contributed by atoms with E-state index in [0.717, 1.165) is 17.8 Å². The van der Waals surface area contributed by atoms with Crippen molar-refractivity contribution in [3.05, 3.63) is 118 Å². The standard InChI is InChI=1S/C17H18F4N2O.C14H14/c1-3-22-16-6-7-23(10-13(16)11(2)24)9-12-4-5-14(15(18)8-12)17(19,20)21;1-12(13-8-4-2-5-9-13)14-10-6-3-7-11-14/h3-5,8H,6-7,9-10H2,1-2H3;2-12H,1H3. The van der Waals surface area contributed by atoms with E-state index in [0.29, 0.717) is 36.6 Å². The van der Waals surface area contributed by atoms with Crippen LogP contribution < -0.4 is 0 Å². The van der Waals surface area contributed by atoms with Crippen LogP contribution in [-0.4, -0.2) is 30.0 Å². The molecule has 0 bridgehead atoms. The molecular weight excluding hydrogens is 492 g/mol. The monoisotopic (exact) mass is 524 g/mol. The first-order valence-corrected chi connectivity index (χ1v) is 12.5. The molecule has 0 spiro atoms. The molecule has 0 saturated carbocycles. The van der Waals surface area contributed by atoms with Crippen LogP contribution in [0.5, 0.6) is 0 Å². The summed E-state index contributed by atoms with van der Waals surface area (Å²) in [6, 6.07) is 24.1. The maximum absolute atomic E-state index is 13.6. The van der Waals surface area contributed by atoms with E-state index in [2.05, 4.69) is 72.6 Å². The molecule has 0 radical (unpaired) electrons. The summed E-state index contributed by atoms with van der Waals surface area (Å²) < 4.78 is 51.4. The number of rotatable bonds is 6. The highest BCUT2D eigenvalue weighted by Gasteiger charge is 2.34. The summed E-state index contributed by atoms with van der Waals surface area (Å²) >= 11 is 0. The number of nitrogens with zero attached hydrogens (tertiary/aromatic N) is 2. The normalized spacial score (nSPS) is 14.5. The average molecular weight is 525 g/mol. The predicted molar refractivity (Wildman–Crippen MR) is 144 cm³/mol. The van der Waals surface area contributed by atoms with Crippen molar-refractivity contribution in [2.45, 2.75) is 45.8 Å². The topological polar surface area (TPSA) is 32.7 Å². The zero-order valence-electron chi connectivity index (χ0n) is 21.8. The Morgan fingerprint density at radius 2 is 1.58 bits per heavy atom. The van der Waals surface area contributed by atoms with Crippen LogP contribution in [-0.2, 0) is 17.5 Å². The summed E-state index contributed by atoms with van der Waals surface area (Å²) in [6.07, 6.45) is -2.51. The van der Waals surface area contributed by atoms with Crippen molar-refractivity contribution in [1.29, 1.82) is 0 Å². The Balaban J connectivity index is 0.000000241. The first-order valence-electron chi connectivity index (χ1n) is 12.5. The Morgan fingerprint density at radius 1 is 1.00 bits per heavy atom. The third kappa shape index (κ3) is 7.96. The highest BCUT2D eigenvalue weighted by atomic mass is 19.4. The molecule has 1 aliphatic rings. The molecule has 1 heterocycles. The lowest BCUT2D eigenvalue weighted by atomic mass is 9.93. The second-order valence-electron chi connectivity index (χ2n) is 9.18. The zero-order chi connectivity index (χ0) is 27.7. The molecule has 0 N–H and O–H groups in total. The summed E-state index contributed by atoms with van der Waals surface area (Å²) in [7, 11) is 0. The first-order chi connectivity index (χ1) is 18.1. The number of hydrogen-bond acceptors (Lipinski definition) is 3. The van der Waals surface area contributed by atoms with Gasteiger partial charge in [-0.25, -0.2) is 4.39 Å². The summed E-state index contributed by atoms with van der Waals surface area (Å²) in [5.74, 6) is -0.882. The fourth-order valence-electron chi connectivity index (χ4n) is 4.38. The molecule has 7 heteroatoms. The molecule has 3 aromatic carbocycles. The number of carbonyl (C=O) groups is 1. The highest BCUT2D eigenvalue weighted by Crippen LogP contribution is 2.32. The van der Waals surface area contributed by atoms with Crippen molar-refractivity contribution in [2.75, 3.05) is 13.1 Å². The number of hydrogen-bond donors (Lipinski definition) is 0. The quantitative estimate of drug-likeness (QED) is 0.243. The number of carbonyl (C=O) groups excluding carboxylic acids is 1. The predicted octanol–water partition coefficient (Wildman–Crippen LogP) is 7.82. The van der Waals surface area contributed by atoms with Crippen molar-refractivity contribution in [2.24, 2.45) is 4.99 Å². The van der Waals surface area contributed by atoms with Crippen LogP contribution in [0.4, 0.5) is 17.6 Å². The Kier molecular flexibility index (Phi) is 10.1. The third-order valence-electron chi connectivity index (χ3n) is 6.45. The van der Waals surface area contributed by atoms with Gasteiger partial charge in [0.05, 0.1) is 5.56 Å². The summed E-state index contributed by atoms with van der Waals surface area (Å²) in [6.45, 7) is 6.69. The van der Waals surface area contributed by atoms with E-state index in [1.807, 2.05) is 4.90 Å². The van der Waals surface area contributed by atoms with Gasteiger partial charge >= 0.3 is 6.18 Å². The molecule has 200 valence electrons. The van der Waals surface area contributed by atoms with Gasteiger partial charge in [0, 0.05) is 49.5 Å². The van der Waals surface area contributed by atoms with E-state index >= 15 is 0 Å². The molecular formula is C31H32F4N2O. The Morgan fingerprint density at radius 3 is 2.05 bits per heavy atom. The molecule has 0 saturated heterocycles. The maximum Gasteiger partial charge on any atom is 0.419 e. The maximum atomic E-state index is 13.6. The molecule has 38 heavy (non-hydrogen) atoms. The molecule has 4 rings (SSSR count). The van der Waals surface area contributed by atoms with Gasteiger partial charge in [-0.3, -0.25) is 14.7 Å². The Bertz CT molecular complexity index is 1230. The van der Waals surface area contributed by atoms with Crippen LogP contribution in [0.25, 0.3) is 0 Å². The van der Waals surface area contributed by atoms with E-state index < -0.39 is 17.6 Å². The molecule has 0 aromatic heterocycles. The summed E-state index contributed by atoms with van der Waals surface area (Å²) in [5, 5.41) is 0. The van der Waals surface area contributed by atoms with E-state index in [9.17, 15) is 22.4 Å². The molecule has 0 aliphatic carbocycles. The van der Waals surface area contributed by atoms with Gasteiger partial charge in [0.25, 0.3) is 0 Å². The lowest BCUT2D eigenvalue weighted by molar-refractivity contribution is -0.140. The molecule has 0 amide bonds. The second-order valence-corrected chi connectivity index (χ2v) is 9.18. The van der Waals surface area contributed by atoms with E-state index in [1.54, 1.807) is 13.1 Å². The molecule has 3 nitrogen and oxygen atoms in total. The van der Waals surface area contributed by atoms with E-state index in [-0.39, 0.29) is 12.3 Å².